The Labute approximate surface area is 159 Å². The zero-order valence-corrected chi connectivity index (χ0v) is 16.6. The van der Waals surface area contributed by atoms with Gasteiger partial charge >= 0.3 is 0 Å². The number of amides is 1. The predicted octanol–water partition coefficient (Wildman–Crippen LogP) is 2.45. The minimum absolute atomic E-state index is 0. The highest BCUT2D eigenvalue weighted by Gasteiger charge is 2.29. The summed E-state index contributed by atoms with van der Waals surface area (Å²) >= 11 is 0. The molecular weight excluding hydrogens is 349 g/mol. The minimum Gasteiger partial charge on any atom is -0.378 e. The maximum Gasteiger partial charge on any atom is 0.239 e. The molecule has 5 nitrogen and oxygen atoms in total. The Hall–Kier alpha value is -0.0700. The van der Waals surface area contributed by atoms with Gasteiger partial charge in [0, 0.05) is 19.7 Å². The Morgan fingerprint density at radius 3 is 2.21 bits per heavy atom. The van der Waals surface area contributed by atoms with Crippen molar-refractivity contribution < 1.29 is 9.53 Å². The van der Waals surface area contributed by atoms with E-state index in [1.165, 1.54) is 25.7 Å². The van der Waals surface area contributed by atoms with E-state index in [4.69, 9.17) is 10.5 Å². The van der Waals surface area contributed by atoms with Crippen molar-refractivity contribution in [2.45, 2.75) is 64.0 Å². The standard InChI is InChI=1S/C17H33N3O2.2ClH/c1-15(19-10-4-2-3-5-11-19)17(21)20-12-7-16(8-13-20)22-14-6-9-18;;/h15-16H,2-14,18H2,1H3;2*1H. The zero-order valence-electron chi connectivity index (χ0n) is 15.0. The van der Waals surface area contributed by atoms with Crippen LogP contribution in [0.2, 0.25) is 0 Å². The van der Waals surface area contributed by atoms with E-state index in [0.717, 1.165) is 52.0 Å². The van der Waals surface area contributed by atoms with Gasteiger partial charge in [-0.25, -0.2) is 0 Å². The van der Waals surface area contributed by atoms with Crippen LogP contribution >= 0.6 is 24.8 Å². The summed E-state index contributed by atoms with van der Waals surface area (Å²) in [6.45, 7) is 7.34. The number of carbonyl (C=O) groups is 1. The van der Waals surface area contributed by atoms with Gasteiger partial charge in [-0.3, -0.25) is 9.69 Å². The van der Waals surface area contributed by atoms with E-state index in [9.17, 15) is 4.79 Å². The average Bonchev–Trinajstić information content (AvgIpc) is 2.84. The zero-order chi connectivity index (χ0) is 15.8. The van der Waals surface area contributed by atoms with E-state index in [-0.39, 0.29) is 30.9 Å². The first-order valence-corrected chi connectivity index (χ1v) is 9.07. The third kappa shape index (κ3) is 7.44. The van der Waals surface area contributed by atoms with Gasteiger partial charge in [-0.05, 0) is 58.7 Å². The third-order valence-corrected chi connectivity index (χ3v) is 5.00. The maximum atomic E-state index is 12.7. The normalized spacial score (nSPS) is 21.3. The summed E-state index contributed by atoms with van der Waals surface area (Å²) in [5, 5.41) is 0. The van der Waals surface area contributed by atoms with Gasteiger partial charge in [0.15, 0.2) is 0 Å². The summed E-state index contributed by atoms with van der Waals surface area (Å²) in [6, 6.07) is 0.0350. The van der Waals surface area contributed by atoms with Gasteiger partial charge in [0.05, 0.1) is 12.1 Å². The van der Waals surface area contributed by atoms with Crippen molar-refractivity contribution in [2.75, 3.05) is 39.3 Å². The van der Waals surface area contributed by atoms with Crippen LogP contribution in [0.3, 0.4) is 0 Å². The molecule has 24 heavy (non-hydrogen) atoms. The smallest absolute Gasteiger partial charge is 0.239 e. The second kappa shape index (κ2) is 13.2. The second-order valence-corrected chi connectivity index (χ2v) is 6.66. The Bertz CT molecular complexity index is 332. The van der Waals surface area contributed by atoms with Gasteiger partial charge in [0.2, 0.25) is 5.91 Å². The van der Waals surface area contributed by atoms with Crippen LogP contribution in [0.5, 0.6) is 0 Å². The van der Waals surface area contributed by atoms with E-state index < -0.39 is 0 Å². The lowest BCUT2D eigenvalue weighted by atomic mass is 10.1. The molecule has 0 bridgehead atoms. The highest BCUT2D eigenvalue weighted by atomic mass is 35.5. The van der Waals surface area contributed by atoms with Gasteiger partial charge in [-0.1, -0.05) is 12.8 Å². The van der Waals surface area contributed by atoms with Gasteiger partial charge in [-0.2, -0.15) is 0 Å². The Morgan fingerprint density at radius 1 is 1.08 bits per heavy atom. The lowest BCUT2D eigenvalue weighted by Gasteiger charge is -2.36. The van der Waals surface area contributed by atoms with Crippen LogP contribution in [0.4, 0.5) is 0 Å². The summed E-state index contributed by atoms with van der Waals surface area (Å²) < 4.78 is 5.82. The summed E-state index contributed by atoms with van der Waals surface area (Å²) in [6.07, 6.45) is 8.23. The van der Waals surface area contributed by atoms with Crippen molar-refractivity contribution in [3.05, 3.63) is 0 Å². The second-order valence-electron chi connectivity index (χ2n) is 6.66. The lowest BCUT2D eigenvalue weighted by Crippen LogP contribution is -2.50. The summed E-state index contributed by atoms with van der Waals surface area (Å²) in [5.41, 5.74) is 5.48. The van der Waals surface area contributed by atoms with E-state index in [2.05, 4.69) is 11.8 Å². The molecule has 0 saturated carbocycles. The molecule has 2 aliphatic rings. The quantitative estimate of drug-likeness (QED) is 0.715. The summed E-state index contributed by atoms with van der Waals surface area (Å²) in [5.74, 6) is 0.308. The van der Waals surface area contributed by atoms with Crippen LogP contribution in [-0.2, 0) is 9.53 Å². The molecule has 1 atom stereocenters. The van der Waals surface area contributed by atoms with Crippen LogP contribution in [0.25, 0.3) is 0 Å². The number of ether oxygens (including phenoxy) is 1. The number of nitrogens with zero attached hydrogens (tertiary/aromatic N) is 2. The van der Waals surface area contributed by atoms with Crippen LogP contribution < -0.4 is 5.73 Å². The summed E-state index contributed by atoms with van der Waals surface area (Å²) in [7, 11) is 0. The molecule has 0 aromatic carbocycles. The number of carbonyl (C=O) groups excluding carboxylic acids is 1. The molecule has 0 spiro atoms. The van der Waals surface area contributed by atoms with Gasteiger partial charge < -0.3 is 15.4 Å². The van der Waals surface area contributed by atoms with Crippen LogP contribution in [-0.4, -0.2) is 67.2 Å². The first-order valence-electron chi connectivity index (χ1n) is 9.07. The average molecular weight is 384 g/mol. The monoisotopic (exact) mass is 383 g/mol. The van der Waals surface area contributed by atoms with Gasteiger partial charge in [-0.15, -0.1) is 24.8 Å². The summed E-state index contributed by atoms with van der Waals surface area (Å²) in [4.78, 5) is 17.1. The maximum absolute atomic E-state index is 12.7. The van der Waals surface area contributed by atoms with Crippen LogP contribution in [0, 0.1) is 0 Å². The van der Waals surface area contributed by atoms with Crippen molar-refractivity contribution in [2.24, 2.45) is 5.73 Å². The first-order chi connectivity index (χ1) is 10.7. The molecule has 144 valence electrons. The molecule has 7 heteroatoms. The first kappa shape index (κ1) is 23.9. The fourth-order valence-electron chi connectivity index (χ4n) is 3.48. The highest BCUT2D eigenvalue weighted by Crippen LogP contribution is 2.18. The van der Waals surface area contributed by atoms with E-state index in [1.807, 2.05) is 4.90 Å². The van der Waals surface area contributed by atoms with Crippen molar-refractivity contribution in [3.8, 4) is 0 Å². The van der Waals surface area contributed by atoms with E-state index in [1.54, 1.807) is 0 Å². The lowest BCUT2D eigenvalue weighted by molar-refractivity contribution is -0.139. The largest absolute Gasteiger partial charge is 0.378 e. The fourth-order valence-corrected chi connectivity index (χ4v) is 3.48. The predicted molar refractivity (Wildman–Crippen MR) is 103 cm³/mol. The molecule has 2 fully saturated rings. The molecule has 0 radical (unpaired) electrons. The molecule has 1 amide bonds. The Kier molecular flexibility index (Phi) is 13.1. The van der Waals surface area contributed by atoms with E-state index >= 15 is 0 Å². The highest BCUT2D eigenvalue weighted by molar-refractivity contribution is 5.85. The molecule has 0 aromatic heterocycles. The number of halogens is 2. The molecule has 2 saturated heterocycles. The molecule has 0 aromatic rings. The SMILES string of the molecule is CC(C(=O)N1CCC(OCCCN)CC1)N1CCCCCC1.Cl.Cl. The van der Waals surface area contributed by atoms with E-state index in [0.29, 0.717) is 18.6 Å². The molecule has 2 rings (SSSR count). The Morgan fingerprint density at radius 2 is 1.67 bits per heavy atom. The van der Waals surface area contributed by atoms with Crippen molar-refractivity contribution in [3.63, 3.8) is 0 Å². The van der Waals surface area contributed by atoms with Gasteiger partial charge in [0.1, 0.15) is 0 Å². The molecule has 1 unspecified atom stereocenters. The third-order valence-electron chi connectivity index (χ3n) is 5.00. The molecule has 2 aliphatic heterocycles. The molecule has 2 N–H and O–H groups in total. The number of nitrogens with two attached hydrogens (primary N) is 1. The van der Waals surface area contributed by atoms with Crippen molar-refractivity contribution in [1.29, 1.82) is 0 Å². The molecule has 2 heterocycles. The van der Waals surface area contributed by atoms with Gasteiger partial charge in [0.25, 0.3) is 0 Å². The number of rotatable bonds is 6. The number of hydrogen-bond acceptors (Lipinski definition) is 4. The van der Waals surface area contributed by atoms with Crippen molar-refractivity contribution >= 4 is 30.7 Å². The number of likely N-dealkylation sites (tertiary alicyclic amines) is 2. The Balaban J connectivity index is 0.00000264. The number of hydrogen-bond donors (Lipinski definition) is 1. The van der Waals surface area contributed by atoms with Crippen molar-refractivity contribution in [1.82, 2.24) is 9.80 Å². The fraction of sp³-hybridized carbons (Fsp3) is 0.941. The molecule has 0 aliphatic carbocycles. The topological polar surface area (TPSA) is 58.8 Å². The van der Waals surface area contributed by atoms with Crippen LogP contribution in [0.1, 0.15) is 51.9 Å². The number of piperidine rings is 1. The van der Waals surface area contributed by atoms with Crippen LogP contribution in [0.15, 0.2) is 0 Å². The molecular formula is C17H35Cl2N3O2. The minimum atomic E-state index is 0.